The number of hydrogen-bond donors (Lipinski definition) is 2. The molecule has 1 heterocycles. The number of para-hydroxylation sites is 1. The summed E-state index contributed by atoms with van der Waals surface area (Å²) in [5.41, 5.74) is 2.73. The van der Waals surface area contributed by atoms with Crippen LogP contribution >= 0.6 is 0 Å². The normalized spacial score (nSPS) is 11.1. The van der Waals surface area contributed by atoms with Gasteiger partial charge in [0.1, 0.15) is 18.4 Å². The van der Waals surface area contributed by atoms with E-state index in [9.17, 15) is 13.2 Å². The number of nitrogens with zero attached hydrogens (tertiary/aromatic N) is 3. The molecule has 0 aliphatic rings. The van der Waals surface area contributed by atoms with Crippen molar-refractivity contribution in [3.8, 4) is 5.75 Å². The van der Waals surface area contributed by atoms with Crippen LogP contribution in [-0.4, -0.2) is 36.2 Å². The fraction of sp³-hybridized carbons (Fsp3) is 0.125. The Balaban J connectivity index is 1.57. The Morgan fingerprint density at radius 1 is 1.06 bits per heavy atom. The summed E-state index contributed by atoms with van der Waals surface area (Å²) in [5, 5.41) is 6.99. The Kier molecular flexibility index (Phi) is 6.60. The lowest BCUT2D eigenvalue weighted by Gasteiger charge is -2.14. The summed E-state index contributed by atoms with van der Waals surface area (Å²) in [5.74, 6) is 0.200. The predicted molar refractivity (Wildman–Crippen MR) is 129 cm³/mol. The second kappa shape index (κ2) is 9.75. The molecule has 34 heavy (non-hydrogen) atoms. The van der Waals surface area contributed by atoms with E-state index < -0.39 is 15.9 Å². The molecule has 10 heteroatoms. The van der Waals surface area contributed by atoms with Gasteiger partial charge in [-0.2, -0.15) is 5.10 Å². The number of nitrogens with one attached hydrogen (secondary N) is 2. The standard InChI is InChI=1S/C24H23N5O4S/c1-17-7-12-21(34(31,32)28-19-8-10-20(33-2)11-9-19)13-22(17)24(30)27-23-6-4-3-5-18(23)14-29-16-25-15-26-29/h3-13,15-16,28H,14H2,1-2H3,(H,27,30). The molecule has 1 amide bonds. The van der Waals surface area contributed by atoms with E-state index in [1.54, 1.807) is 54.3 Å². The van der Waals surface area contributed by atoms with Gasteiger partial charge in [0.2, 0.25) is 0 Å². The molecule has 0 saturated carbocycles. The molecule has 3 aromatic carbocycles. The molecule has 4 aromatic rings. The fourth-order valence-electron chi connectivity index (χ4n) is 3.34. The monoisotopic (exact) mass is 477 g/mol. The quantitative estimate of drug-likeness (QED) is 0.400. The first-order chi connectivity index (χ1) is 16.4. The van der Waals surface area contributed by atoms with Crippen molar-refractivity contribution >= 4 is 27.3 Å². The number of benzene rings is 3. The van der Waals surface area contributed by atoms with Crippen molar-refractivity contribution in [3.05, 3.63) is 96.1 Å². The minimum atomic E-state index is -3.91. The van der Waals surface area contributed by atoms with Gasteiger partial charge in [-0.15, -0.1) is 0 Å². The van der Waals surface area contributed by atoms with E-state index in [1.807, 2.05) is 18.2 Å². The maximum atomic E-state index is 13.1. The lowest BCUT2D eigenvalue weighted by Crippen LogP contribution is -2.18. The van der Waals surface area contributed by atoms with Gasteiger partial charge in [-0.05, 0) is 60.5 Å². The average Bonchev–Trinajstić information content (AvgIpc) is 3.34. The molecule has 0 aliphatic heterocycles. The molecule has 174 valence electrons. The van der Waals surface area contributed by atoms with Crippen molar-refractivity contribution in [1.29, 1.82) is 0 Å². The number of methoxy groups -OCH3 is 1. The largest absolute Gasteiger partial charge is 0.497 e. The number of anilines is 2. The minimum Gasteiger partial charge on any atom is -0.497 e. The van der Waals surface area contributed by atoms with Crippen LogP contribution in [0.15, 0.2) is 84.3 Å². The molecule has 9 nitrogen and oxygen atoms in total. The van der Waals surface area contributed by atoms with E-state index >= 15 is 0 Å². The number of aryl methyl sites for hydroxylation is 1. The van der Waals surface area contributed by atoms with Crippen molar-refractivity contribution in [3.63, 3.8) is 0 Å². The number of amides is 1. The molecular weight excluding hydrogens is 454 g/mol. The Bertz CT molecular complexity index is 1400. The fourth-order valence-corrected chi connectivity index (χ4v) is 4.43. The van der Waals surface area contributed by atoms with Gasteiger partial charge in [-0.25, -0.2) is 18.1 Å². The molecule has 0 atom stereocenters. The molecule has 2 N–H and O–H groups in total. The number of carbonyl (C=O) groups is 1. The van der Waals surface area contributed by atoms with E-state index in [0.717, 1.165) is 5.56 Å². The van der Waals surface area contributed by atoms with Crippen LogP contribution in [0.25, 0.3) is 0 Å². The van der Waals surface area contributed by atoms with E-state index in [2.05, 4.69) is 20.1 Å². The third-order valence-corrected chi connectivity index (χ3v) is 6.55. The Labute approximate surface area is 197 Å². The average molecular weight is 478 g/mol. The summed E-state index contributed by atoms with van der Waals surface area (Å²) >= 11 is 0. The summed E-state index contributed by atoms with van der Waals surface area (Å²) in [7, 11) is -2.38. The van der Waals surface area contributed by atoms with Crippen LogP contribution in [0.3, 0.4) is 0 Å². The molecule has 0 radical (unpaired) electrons. The van der Waals surface area contributed by atoms with Gasteiger partial charge in [0.15, 0.2) is 0 Å². The molecule has 0 unspecified atom stereocenters. The Morgan fingerprint density at radius 3 is 2.53 bits per heavy atom. The highest BCUT2D eigenvalue weighted by Crippen LogP contribution is 2.23. The highest BCUT2D eigenvalue weighted by Gasteiger charge is 2.19. The highest BCUT2D eigenvalue weighted by molar-refractivity contribution is 7.92. The van der Waals surface area contributed by atoms with Gasteiger partial charge >= 0.3 is 0 Å². The zero-order valence-corrected chi connectivity index (χ0v) is 19.4. The number of ether oxygens (including phenoxy) is 1. The van der Waals surface area contributed by atoms with Gasteiger partial charge in [-0.3, -0.25) is 9.52 Å². The van der Waals surface area contributed by atoms with Crippen LogP contribution in [0.5, 0.6) is 5.75 Å². The lowest BCUT2D eigenvalue weighted by atomic mass is 10.1. The zero-order chi connectivity index (χ0) is 24.1. The first-order valence-electron chi connectivity index (χ1n) is 10.3. The molecule has 0 aliphatic carbocycles. The molecule has 0 saturated heterocycles. The van der Waals surface area contributed by atoms with Crippen LogP contribution in [0, 0.1) is 6.92 Å². The summed E-state index contributed by atoms with van der Waals surface area (Å²) in [6.45, 7) is 2.18. The second-order valence-corrected chi connectivity index (χ2v) is 9.20. The van der Waals surface area contributed by atoms with E-state index in [4.69, 9.17) is 4.74 Å². The van der Waals surface area contributed by atoms with Crippen molar-refractivity contribution in [1.82, 2.24) is 14.8 Å². The minimum absolute atomic E-state index is 0.0185. The summed E-state index contributed by atoms with van der Waals surface area (Å²) < 4.78 is 35.2. The lowest BCUT2D eigenvalue weighted by molar-refractivity contribution is 0.102. The molecule has 0 fully saturated rings. The molecule has 0 bridgehead atoms. The number of rotatable bonds is 8. The molecular formula is C24H23N5O4S. The van der Waals surface area contributed by atoms with Gasteiger partial charge in [0.05, 0.1) is 18.6 Å². The number of sulfonamides is 1. The van der Waals surface area contributed by atoms with Crippen LogP contribution in [0.2, 0.25) is 0 Å². The maximum absolute atomic E-state index is 13.1. The Hall–Kier alpha value is -4.18. The highest BCUT2D eigenvalue weighted by atomic mass is 32.2. The summed E-state index contributed by atoms with van der Waals surface area (Å²) in [6.07, 6.45) is 3.03. The van der Waals surface area contributed by atoms with Gasteiger partial charge < -0.3 is 10.1 Å². The number of carbonyl (C=O) groups excluding carboxylic acids is 1. The predicted octanol–water partition coefficient (Wildman–Crippen LogP) is 3.70. The second-order valence-electron chi connectivity index (χ2n) is 7.52. The van der Waals surface area contributed by atoms with Crippen molar-refractivity contribution in [2.45, 2.75) is 18.4 Å². The van der Waals surface area contributed by atoms with E-state index in [0.29, 0.717) is 29.2 Å². The first-order valence-corrected chi connectivity index (χ1v) is 11.8. The third-order valence-electron chi connectivity index (χ3n) is 5.17. The van der Waals surface area contributed by atoms with Crippen molar-refractivity contribution in [2.75, 3.05) is 17.1 Å². The van der Waals surface area contributed by atoms with Gasteiger partial charge in [0.25, 0.3) is 15.9 Å². The zero-order valence-electron chi connectivity index (χ0n) is 18.6. The number of aromatic nitrogens is 3. The van der Waals surface area contributed by atoms with E-state index in [-0.39, 0.29) is 10.5 Å². The van der Waals surface area contributed by atoms with Gasteiger partial charge in [-0.1, -0.05) is 24.3 Å². The molecule has 1 aromatic heterocycles. The Morgan fingerprint density at radius 2 is 1.82 bits per heavy atom. The topological polar surface area (TPSA) is 115 Å². The first kappa shape index (κ1) is 23.0. The van der Waals surface area contributed by atoms with Gasteiger partial charge in [0, 0.05) is 16.9 Å². The molecule has 0 spiro atoms. The van der Waals surface area contributed by atoms with Crippen molar-refractivity contribution in [2.24, 2.45) is 0 Å². The SMILES string of the molecule is COc1ccc(NS(=O)(=O)c2ccc(C)c(C(=O)Nc3ccccc3Cn3cncn3)c2)cc1. The van der Waals surface area contributed by atoms with Crippen LogP contribution < -0.4 is 14.8 Å². The number of hydrogen-bond acceptors (Lipinski definition) is 6. The molecule has 4 rings (SSSR count). The third kappa shape index (κ3) is 5.24. The van der Waals surface area contributed by atoms with E-state index in [1.165, 1.54) is 25.6 Å². The summed E-state index contributed by atoms with van der Waals surface area (Å²) in [6, 6.07) is 18.3. The maximum Gasteiger partial charge on any atom is 0.261 e. The smallest absolute Gasteiger partial charge is 0.261 e. The van der Waals surface area contributed by atoms with Crippen LogP contribution in [0.1, 0.15) is 21.5 Å². The van der Waals surface area contributed by atoms with Crippen LogP contribution in [0.4, 0.5) is 11.4 Å². The summed E-state index contributed by atoms with van der Waals surface area (Å²) in [4.78, 5) is 17.0. The van der Waals surface area contributed by atoms with Crippen molar-refractivity contribution < 1.29 is 17.9 Å². The van der Waals surface area contributed by atoms with Crippen LogP contribution in [-0.2, 0) is 16.6 Å².